The first kappa shape index (κ1) is 15.1. The van der Waals surface area contributed by atoms with Gasteiger partial charge in [0.05, 0.1) is 0 Å². The Morgan fingerprint density at radius 1 is 1.25 bits per heavy atom. The van der Waals surface area contributed by atoms with E-state index in [1.807, 2.05) is 6.92 Å². The van der Waals surface area contributed by atoms with Crippen LogP contribution in [0.1, 0.15) is 50.9 Å². The minimum absolute atomic E-state index is 0.612. The summed E-state index contributed by atoms with van der Waals surface area (Å²) in [5, 5.41) is 3.35. The molecule has 1 N–H and O–H groups in total. The van der Waals surface area contributed by atoms with E-state index in [1.54, 1.807) is 0 Å². The van der Waals surface area contributed by atoms with Gasteiger partial charge < -0.3 is 10.2 Å². The number of hydrogen-bond acceptors (Lipinski definition) is 4. The van der Waals surface area contributed by atoms with Crippen molar-refractivity contribution in [2.24, 2.45) is 5.92 Å². The highest BCUT2D eigenvalue weighted by Crippen LogP contribution is 2.31. The summed E-state index contributed by atoms with van der Waals surface area (Å²) in [6.07, 6.45) is 5.25. The van der Waals surface area contributed by atoms with Gasteiger partial charge >= 0.3 is 0 Å². The highest BCUT2D eigenvalue weighted by Gasteiger charge is 2.25. The predicted molar refractivity (Wildman–Crippen MR) is 85.5 cm³/mol. The maximum absolute atomic E-state index is 4.69. The van der Waals surface area contributed by atoms with Crippen molar-refractivity contribution in [2.45, 2.75) is 59.4 Å². The Hall–Kier alpha value is -1.32. The van der Waals surface area contributed by atoms with Crippen LogP contribution in [0.4, 0.5) is 11.6 Å². The van der Waals surface area contributed by atoms with Crippen molar-refractivity contribution in [3.63, 3.8) is 0 Å². The molecule has 112 valence electrons. The van der Waals surface area contributed by atoms with Gasteiger partial charge in [-0.2, -0.15) is 0 Å². The number of aromatic nitrogens is 2. The molecule has 1 aromatic heterocycles. The van der Waals surface area contributed by atoms with E-state index < -0.39 is 0 Å². The largest absolute Gasteiger partial charge is 0.370 e. The van der Waals surface area contributed by atoms with Gasteiger partial charge in [0.2, 0.25) is 0 Å². The summed E-state index contributed by atoms with van der Waals surface area (Å²) >= 11 is 0. The number of aryl methyl sites for hydroxylation is 1. The van der Waals surface area contributed by atoms with E-state index in [1.165, 1.54) is 25.7 Å². The van der Waals surface area contributed by atoms with Crippen molar-refractivity contribution in [3.8, 4) is 0 Å². The van der Waals surface area contributed by atoms with E-state index in [2.05, 4.69) is 43.0 Å². The summed E-state index contributed by atoms with van der Waals surface area (Å²) < 4.78 is 0. The van der Waals surface area contributed by atoms with Crippen LogP contribution in [0.3, 0.4) is 0 Å². The van der Waals surface area contributed by atoms with Crippen LogP contribution in [0.5, 0.6) is 0 Å². The number of anilines is 2. The fourth-order valence-corrected chi connectivity index (χ4v) is 3.22. The first-order valence-corrected chi connectivity index (χ1v) is 7.84. The van der Waals surface area contributed by atoms with Crippen LogP contribution >= 0.6 is 0 Å². The first-order chi connectivity index (χ1) is 9.52. The average molecular weight is 276 g/mol. The van der Waals surface area contributed by atoms with Gasteiger partial charge in [0.25, 0.3) is 0 Å². The monoisotopic (exact) mass is 276 g/mol. The Kier molecular flexibility index (Phi) is 4.84. The van der Waals surface area contributed by atoms with Crippen LogP contribution < -0.4 is 10.2 Å². The highest BCUT2D eigenvalue weighted by atomic mass is 15.2. The standard InChI is InChI=1S/C16H28N4/c1-6-17-15-12(3)16(19-13(4)18-15)20(5)14-9-7-8-11(2)10-14/h11,14H,6-10H2,1-5H3,(H,17,18,19). The molecule has 0 bridgehead atoms. The van der Waals surface area contributed by atoms with Crippen molar-refractivity contribution in [1.29, 1.82) is 0 Å². The maximum atomic E-state index is 4.69. The molecule has 0 amide bonds. The molecule has 1 saturated carbocycles. The minimum atomic E-state index is 0.612. The molecule has 0 aromatic carbocycles. The van der Waals surface area contributed by atoms with Gasteiger partial charge in [0, 0.05) is 25.2 Å². The Morgan fingerprint density at radius 2 is 2.00 bits per heavy atom. The fourth-order valence-electron chi connectivity index (χ4n) is 3.22. The normalized spacial score (nSPS) is 22.6. The molecule has 1 aliphatic rings. The SMILES string of the molecule is CCNc1nc(C)nc(N(C)C2CCCC(C)C2)c1C. The van der Waals surface area contributed by atoms with Gasteiger partial charge in [-0.25, -0.2) is 9.97 Å². The third kappa shape index (κ3) is 3.22. The molecule has 1 aliphatic carbocycles. The van der Waals surface area contributed by atoms with Crippen molar-refractivity contribution < 1.29 is 0 Å². The summed E-state index contributed by atoms with van der Waals surface area (Å²) in [6, 6.07) is 0.612. The van der Waals surface area contributed by atoms with E-state index in [-0.39, 0.29) is 0 Å². The summed E-state index contributed by atoms with van der Waals surface area (Å²) in [5.74, 6) is 3.74. The van der Waals surface area contributed by atoms with Gasteiger partial charge in [-0.3, -0.25) is 0 Å². The smallest absolute Gasteiger partial charge is 0.137 e. The number of rotatable bonds is 4. The lowest BCUT2D eigenvalue weighted by Gasteiger charge is -2.35. The topological polar surface area (TPSA) is 41.1 Å². The quantitative estimate of drug-likeness (QED) is 0.913. The Morgan fingerprint density at radius 3 is 2.65 bits per heavy atom. The number of nitrogens with zero attached hydrogens (tertiary/aromatic N) is 3. The van der Waals surface area contributed by atoms with Gasteiger partial charge in [0.1, 0.15) is 17.5 Å². The van der Waals surface area contributed by atoms with E-state index >= 15 is 0 Å². The molecule has 1 heterocycles. The molecule has 1 aromatic rings. The molecule has 0 radical (unpaired) electrons. The molecule has 2 atom stereocenters. The maximum Gasteiger partial charge on any atom is 0.137 e. The molecule has 4 heteroatoms. The van der Waals surface area contributed by atoms with Gasteiger partial charge in [-0.1, -0.05) is 19.8 Å². The van der Waals surface area contributed by atoms with Gasteiger partial charge in [0.15, 0.2) is 0 Å². The molecule has 20 heavy (non-hydrogen) atoms. The number of hydrogen-bond donors (Lipinski definition) is 1. The molecule has 0 spiro atoms. The van der Waals surface area contributed by atoms with Gasteiger partial charge in [-0.05, 0) is 39.5 Å². The number of nitrogens with one attached hydrogen (secondary N) is 1. The van der Waals surface area contributed by atoms with Crippen molar-refractivity contribution in [3.05, 3.63) is 11.4 Å². The van der Waals surface area contributed by atoms with Crippen LogP contribution in [0.2, 0.25) is 0 Å². The van der Waals surface area contributed by atoms with Crippen LogP contribution in [-0.4, -0.2) is 29.6 Å². The molecule has 1 fully saturated rings. The Labute approximate surface area is 123 Å². The lowest BCUT2D eigenvalue weighted by molar-refractivity contribution is 0.335. The first-order valence-electron chi connectivity index (χ1n) is 7.84. The summed E-state index contributed by atoms with van der Waals surface area (Å²) in [7, 11) is 2.19. The Balaban J connectivity index is 2.26. The van der Waals surface area contributed by atoms with E-state index in [0.29, 0.717) is 6.04 Å². The van der Waals surface area contributed by atoms with Crippen molar-refractivity contribution in [1.82, 2.24) is 9.97 Å². The lowest BCUT2D eigenvalue weighted by Crippen LogP contribution is -2.36. The van der Waals surface area contributed by atoms with Crippen LogP contribution in [0.25, 0.3) is 0 Å². The second-order valence-corrected chi connectivity index (χ2v) is 6.13. The minimum Gasteiger partial charge on any atom is -0.370 e. The van der Waals surface area contributed by atoms with Gasteiger partial charge in [-0.15, -0.1) is 0 Å². The molecule has 0 aliphatic heterocycles. The molecular weight excluding hydrogens is 248 g/mol. The molecular formula is C16H28N4. The second-order valence-electron chi connectivity index (χ2n) is 6.13. The predicted octanol–water partition coefficient (Wildman–Crippen LogP) is 3.54. The summed E-state index contributed by atoms with van der Waals surface area (Å²) in [4.78, 5) is 11.6. The highest BCUT2D eigenvalue weighted by molar-refractivity contribution is 5.58. The third-order valence-electron chi connectivity index (χ3n) is 4.37. The molecule has 2 unspecified atom stereocenters. The van der Waals surface area contributed by atoms with Crippen LogP contribution in [-0.2, 0) is 0 Å². The zero-order valence-electron chi connectivity index (χ0n) is 13.5. The molecule has 2 rings (SSSR count). The molecule has 0 saturated heterocycles. The summed E-state index contributed by atoms with van der Waals surface area (Å²) in [5.41, 5.74) is 1.16. The van der Waals surface area contributed by atoms with Crippen molar-refractivity contribution >= 4 is 11.6 Å². The lowest BCUT2D eigenvalue weighted by atomic mass is 9.86. The zero-order chi connectivity index (χ0) is 14.7. The fraction of sp³-hybridized carbons (Fsp3) is 0.750. The molecule has 4 nitrogen and oxygen atoms in total. The zero-order valence-corrected chi connectivity index (χ0v) is 13.5. The van der Waals surface area contributed by atoms with E-state index in [0.717, 1.165) is 35.5 Å². The second kappa shape index (κ2) is 6.42. The van der Waals surface area contributed by atoms with E-state index in [9.17, 15) is 0 Å². The van der Waals surface area contributed by atoms with Crippen LogP contribution in [0.15, 0.2) is 0 Å². The van der Waals surface area contributed by atoms with Crippen LogP contribution in [0, 0.1) is 19.8 Å². The van der Waals surface area contributed by atoms with E-state index in [4.69, 9.17) is 4.98 Å². The summed E-state index contributed by atoms with van der Waals surface area (Å²) in [6.45, 7) is 9.45. The third-order valence-corrected chi connectivity index (χ3v) is 4.37. The van der Waals surface area contributed by atoms with Crippen molar-refractivity contribution in [2.75, 3.05) is 23.8 Å². The average Bonchev–Trinajstić information content (AvgIpc) is 2.42. The Bertz CT molecular complexity index is 458.